The Bertz CT molecular complexity index is 1180. The van der Waals surface area contributed by atoms with E-state index in [-0.39, 0.29) is 17.5 Å². The summed E-state index contributed by atoms with van der Waals surface area (Å²) in [7, 11) is -1.40. The molecule has 4 heteroatoms. The molecule has 2 aromatic rings. The van der Waals surface area contributed by atoms with E-state index in [1.807, 2.05) is 0 Å². The smallest absolute Gasteiger partial charge is 0.335 e. The van der Waals surface area contributed by atoms with E-state index in [0.29, 0.717) is 0 Å². The Morgan fingerprint density at radius 2 is 1.19 bits per heavy atom. The largest absolute Gasteiger partial charge is 0.466 e. The van der Waals surface area contributed by atoms with Gasteiger partial charge in [-0.1, -0.05) is 35.4 Å². The van der Waals surface area contributed by atoms with Crippen molar-refractivity contribution in [3.05, 3.63) is 68.9 Å². The molecule has 0 N–H and O–H groups in total. The number of rotatable bonds is 4. The van der Waals surface area contributed by atoms with Gasteiger partial charge >= 0.3 is 5.97 Å². The minimum atomic E-state index is -2.93. The van der Waals surface area contributed by atoms with Crippen LogP contribution in [0.3, 0.4) is 0 Å². The SMILES string of the molecule is COC(=O)C1=C[Si](c2c(C)cc(C)cc2C)(c2c(C)cc(C)cc2C)OC1C12CC3CC(CC(C3)C1)C2. The molecule has 2 aromatic carbocycles. The average Bonchev–Trinajstić information content (AvgIpc) is 3.18. The number of methoxy groups -OCH3 is 1. The Balaban J connectivity index is 1.61. The molecule has 1 atom stereocenters. The lowest BCUT2D eigenvalue weighted by molar-refractivity contribution is -0.141. The number of hydrogen-bond donors (Lipinski definition) is 0. The molecule has 7 rings (SSSR count). The summed E-state index contributed by atoms with van der Waals surface area (Å²) in [5.74, 6) is 2.17. The number of benzene rings is 2. The third kappa shape index (κ3) is 3.81. The van der Waals surface area contributed by atoms with Crippen LogP contribution in [-0.4, -0.2) is 27.5 Å². The molecule has 0 spiro atoms. The lowest BCUT2D eigenvalue weighted by Gasteiger charge is -2.59. The number of hydrogen-bond acceptors (Lipinski definition) is 3. The molecular formula is C33H42O3Si. The van der Waals surface area contributed by atoms with E-state index in [4.69, 9.17) is 9.16 Å². The first-order valence-electron chi connectivity index (χ1n) is 14.2. The van der Waals surface area contributed by atoms with E-state index in [9.17, 15) is 4.79 Å². The van der Waals surface area contributed by atoms with Gasteiger partial charge < -0.3 is 9.16 Å². The van der Waals surface area contributed by atoms with Crippen LogP contribution in [0.2, 0.25) is 0 Å². The molecule has 5 aliphatic rings. The number of carbonyl (C=O) groups excluding carboxylic acids is 1. The van der Waals surface area contributed by atoms with Crippen LogP contribution in [0.15, 0.2) is 35.5 Å². The Hall–Kier alpha value is -2.17. The third-order valence-electron chi connectivity index (χ3n) is 10.1. The van der Waals surface area contributed by atoms with Gasteiger partial charge in [-0.25, -0.2) is 4.79 Å². The van der Waals surface area contributed by atoms with Crippen molar-refractivity contribution in [1.29, 1.82) is 0 Å². The van der Waals surface area contributed by atoms with Crippen LogP contribution in [-0.2, 0) is 14.0 Å². The lowest BCUT2D eigenvalue weighted by Crippen LogP contribution is -2.64. The van der Waals surface area contributed by atoms with Crippen molar-refractivity contribution in [3.8, 4) is 0 Å². The van der Waals surface area contributed by atoms with Crippen molar-refractivity contribution >= 4 is 24.7 Å². The zero-order valence-electron chi connectivity index (χ0n) is 23.7. The molecule has 4 saturated carbocycles. The van der Waals surface area contributed by atoms with Crippen LogP contribution in [0.1, 0.15) is 71.9 Å². The highest BCUT2D eigenvalue weighted by Gasteiger charge is 2.61. The van der Waals surface area contributed by atoms with Crippen molar-refractivity contribution < 1.29 is 14.0 Å². The van der Waals surface area contributed by atoms with E-state index in [1.54, 1.807) is 0 Å². The van der Waals surface area contributed by atoms with Crippen LogP contribution in [0.25, 0.3) is 0 Å². The van der Waals surface area contributed by atoms with Gasteiger partial charge in [0.05, 0.1) is 18.8 Å². The van der Waals surface area contributed by atoms with Gasteiger partial charge in [-0.15, -0.1) is 0 Å². The quantitative estimate of drug-likeness (QED) is 0.379. The Morgan fingerprint density at radius 3 is 1.57 bits per heavy atom. The first-order chi connectivity index (χ1) is 17.5. The number of carbonyl (C=O) groups is 1. The fourth-order valence-corrected chi connectivity index (χ4v) is 14.7. The summed E-state index contributed by atoms with van der Waals surface area (Å²) in [6.07, 6.45) is 7.52. The van der Waals surface area contributed by atoms with Gasteiger partial charge in [0.25, 0.3) is 8.32 Å². The van der Waals surface area contributed by atoms with Gasteiger partial charge in [-0.05, 0) is 136 Å². The Morgan fingerprint density at radius 1 is 0.784 bits per heavy atom. The third-order valence-corrected chi connectivity index (χ3v) is 14.5. The van der Waals surface area contributed by atoms with E-state index < -0.39 is 8.32 Å². The highest BCUT2D eigenvalue weighted by molar-refractivity contribution is 7.03. The van der Waals surface area contributed by atoms with Crippen LogP contribution < -0.4 is 10.4 Å². The minimum Gasteiger partial charge on any atom is -0.466 e. The molecular weight excluding hydrogens is 472 g/mol. The lowest BCUT2D eigenvalue weighted by atomic mass is 9.47. The molecule has 37 heavy (non-hydrogen) atoms. The van der Waals surface area contributed by atoms with Crippen molar-refractivity contribution in [3.63, 3.8) is 0 Å². The summed E-state index contributed by atoms with van der Waals surface area (Å²) in [6, 6.07) is 9.18. The van der Waals surface area contributed by atoms with Crippen LogP contribution in [0.4, 0.5) is 0 Å². The summed E-state index contributed by atoms with van der Waals surface area (Å²) >= 11 is 0. The molecule has 3 nitrogen and oxygen atoms in total. The number of ether oxygens (including phenoxy) is 1. The molecule has 0 saturated heterocycles. The highest BCUT2D eigenvalue weighted by Crippen LogP contribution is 2.63. The summed E-state index contributed by atoms with van der Waals surface area (Å²) < 4.78 is 13.2. The summed E-state index contributed by atoms with van der Waals surface area (Å²) in [5.41, 5.74) is 10.8. The zero-order valence-corrected chi connectivity index (χ0v) is 24.7. The maximum absolute atomic E-state index is 13.6. The summed E-state index contributed by atoms with van der Waals surface area (Å²) in [5, 5.41) is 2.64. The second-order valence-corrected chi connectivity index (χ2v) is 16.1. The van der Waals surface area contributed by atoms with Crippen molar-refractivity contribution in [2.75, 3.05) is 7.11 Å². The molecule has 196 valence electrons. The Kier molecular flexibility index (Phi) is 5.89. The summed E-state index contributed by atoms with van der Waals surface area (Å²) in [6.45, 7) is 13.3. The molecule has 4 aliphatic carbocycles. The first kappa shape index (κ1) is 25.1. The molecule has 0 aromatic heterocycles. The number of esters is 1. The van der Waals surface area contributed by atoms with Crippen molar-refractivity contribution in [2.45, 2.75) is 86.2 Å². The van der Waals surface area contributed by atoms with Gasteiger partial charge in [-0.2, -0.15) is 0 Å². The molecule has 4 bridgehead atoms. The molecule has 1 heterocycles. The predicted octanol–water partition coefficient (Wildman–Crippen LogP) is 5.85. The fraction of sp³-hybridized carbons (Fsp3) is 0.545. The molecule has 0 amide bonds. The second-order valence-electron chi connectivity index (χ2n) is 13.2. The number of aryl methyl sites for hydroxylation is 6. The average molecular weight is 515 g/mol. The fourth-order valence-electron chi connectivity index (χ4n) is 9.73. The van der Waals surface area contributed by atoms with E-state index >= 15 is 0 Å². The monoisotopic (exact) mass is 514 g/mol. The standard InChI is InChI=1S/C33H42O3Si/c1-19-8-21(3)29(22(4)9-19)37(30-23(5)10-20(2)11-24(30)6)18-28(32(34)35-7)31(36-37)33-15-25-12-26(16-33)14-27(13-25)17-33/h8-11,18,25-27,31H,12-17H2,1-7H3. The molecule has 1 aliphatic heterocycles. The van der Waals surface area contributed by atoms with Gasteiger partial charge in [0.1, 0.15) is 0 Å². The van der Waals surface area contributed by atoms with Gasteiger partial charge in [0, 0.05) is 5.41 Å². The van der Waals surface area contributed by atoms with Crippen molar-refractivity contribution in [1.82, 2.24) is 0 Å². The Labute approximate surface area is 223 Å². The summed E-state index contributed by atoms with van der Waals surface area (Å²) in [4.78, 5) is 13.6. The molecule has 1 unspecified atom stereocenters. The van der Waals surface area contributed by atoms with Gasteiger partial charge in [0.2, 0.25) is 0 Å². The highest BCUT2D eigenvalue weighted by atomic mass is 28.4. The maximum atomic E-state index is 13.6. The van der Waals surface area contributed by atoms with E-state index in [0.717, 1.165) is 23.3 Å². The minimum absolute atomic E-state index is 0.0581. The van der Waals surface area contributed by atoms with E-state index in [2.05, 4.69) is 71.5 Å². The van der Waals surface area contributed by atoms with Crippen LogP contribution >= 0.6 is 0 Å². The topological polar surface area (TPSA) is 35.5 Å². The predicted molar refractivity (Wildman–Crippen MR) is 152 cm³/mol. The molecule has 0 radical (unpaired) electrons. The molecule has 4 fully saturated rings. The van der Waals surface area contributed by atoms with Crippen molar-refractivity contribution in [2.24, 2.45) is 23.2 Å². The van der Waals surface area contributed by atoms with Crippen LogP contribution in [0.5, 0.6) is 0 Å². The zero-order chi connectivity index (χ0) is 26.3. The van der Waals surface area contributed by atoms with Crippen LogP contribution in [0, 0.1) is 64.7 Å². The first-order valence-corrected chi connectivity index (χ1v) is 16.2. The van der Waals surface area contributed by atoms with E-state index in [1.165, 1.54) is 89.4 Å². The maximum Gasteiger partial charge on any atom is 0.335 e. The van der Waals surface area contributed by atoms with Gasteiger partial charge in [-0.3, -0.25) is 0 Å². The normalized spacial score (nSPS) is 31.5. The van der Waals surface area contributed by atoms with Gasteiger partial charge in [0.15, 0.2) is 0 Å². The second kappa shape index (κ2) is 8.67.